The van der Waals surface area contributed by atoms with Gasteiger partial charge in [0.05, 0.1) is 12.7 Å². The van der Waals surface area contributed by atoms with Gasteiger partial charge >= 0.3 is 0 Å². The number of hydrogen-bond donors (Lipinski definition) is 0. The van der Waals surface area contributed by atoms with Crippen LogP contribution in [0.4, 0.5) is 0 Å². The summed E-state index contributed by atoms with van der Waals surface area (Å²) in [4.78, 5) is 11.4. The Balaban J connectivity index is 1.74. The number of ether oxygens (including phenoxy) is 5. The van der Waals surface area contributed by atoms with Crippen LogP contribution >= 0.6 is 11.8 Å². The van der Waals surface area contributed by atoms with Crippen LogP contribution in [0, 0.1) is 0 Å². The van der Waals surface area contributed by atoms with Crippen molar-refractivity contribution in [3.05, 3.63) is 35.9 Å². The van der Waals surface area contributed by atoms with Gasteiger partial charge in [0.1, 0.15) is 18.3 Å². The number of fused-ring (bicyclic) bond motifs is 1. The van der Waals surface area contributed by atoms with Crippen molar-refractivity contribution in [2.75, 3.05) is 12.9 Å². The molecule has 3 rings (SSSR count). The summed E-state index contributed by atoms with van der Waals surface area (Å²) in [5.41, 5.74) is 1.06. The topological polar surface area (TPSA) is 63.2 Å². The average molecular weight is 382 g/mol. The van der Waals surface area contributed by atoms with Crippen LogP contribution in [-0.2, 0) is 35.1 Å². The number of thioether (sulfide) groups is 1. The van der Waals surface area contributed by atoms with Gasteiger partial charge in [-0.2, -0.15) is 0 Å². The molecule has 5 atom stereocenters. The van der Waals surface area contributed by atoms with Crippen LogP contribution < -0.4 is 0 Å². The molecule has 2 aliphatic heterocycles. The van der Waals surface area contributed by atoms with Crippen molar-refractivity contribution in [2.24, 2.45) is 0 Å². The summed E-state index contributed by atoms with van der Waals surface area (Å²) in [7, 11) is 1.58. The maximum Gasteiger partial charge on any atom is 0.186 e. The van der Waals surface area contributed by atoms with E-state index in [4.69, 9.17) is 23.7 Å². The quantitative estimate of drug-likeness (QED) is 0.750. The van der Waals surface area contributed by atoms with Crippen LogP contribution in [0.3, 0.4) is 0 Å². The molecule has 0 aromatic heterocycles. The molecule has 0 amide bonds. The molecule has 2 heterocycles. The number of carbonyl (C=O) groups excluding carboxylic acids is 1. The molecule has 0 unspecified atom stereocenters. The molecule has 7 heteroatoms. The third-order valence-electron chi connectivity index (χ3n) is 4.40. The number of hydrogen-bond acceptors (Lipinski definition) is 7. The Morgan fingerprint density at radius 3 is 2.54 bits per heavy atom. The van der Waals surface area contributed by atoms with Crippen LogP contribution in [0.15, 0.2) is 30.3 Å². The molecule has 2 aliphatic rings. The van der Waals surface area contributed by atoms with Crippen molar-refractivity contribution in [3.63, 3.8) is 0 Å². The molecule has 0 radical (unpaired) electrons. The van der Waals surface area contributed by atoms with Gasteiger partial charge < -0.3 is 23.7 Å². The lowest BCUT2D eigenvalue weighted by molar-refractivity contribution is -0.277. The van der Waals surface area contributed by atoms with Crippen molar-refractivity contribution in [3.8, 4) is 0 Å². The zero-order valence-electron chi connectivity index (χ0n) is 15.5. The molecule has 0 spiro atoms. The van der Waals surface area contributed by atoms with E-state index in [9.17, 15) is 4.79 Å². The molecule has 0 aliphatic carbocycles. The maximum atomic E-state index is 11.4. The van der Waals surface area contributed by atoms with E-state index >= 15 is 0 Å². The van der Waals surface area contributed by atoms with Crippen LogP contribution in [0.1, 0.15) is 26.3 Å². The number of benzene rings is 1. The highest BCUT2D eigenvalue weighted by Gasteiger charge is 2.55. The SMILES string of the molecule is CO[C@H]1O[C@H](CSC(C)=O)[C@@H]2OC(C)(C)O[C@@H]2[C@H]1OCc1ccccc1. The first-order valence-electron chi connectivity index (χ1n) is 8.72. The standard InChI is InChI=1S/C19H26O6S/c1-12(20)26-11-14-15-16(25-19(2,3)24-15)17(18(21-4)23-14)22-10-13-8-6-5-7-9-13/h5-9,14-18H,10-11H2,1-4H3/t14-,15+,16+,17-,18+/m1/s1. The lowest BCUT2D eigenvalue weighted by atomic mass is 9.99. The summed E-state index contributed by atoms with van der Waals surface area (Å²) < 4.78 is 29.9. The number of methoxy groups -OCH3 is 1. The lowest BCUT2D eigenvalue weighted by Gasteiger charge is -2.41. The van der Waals surface area contributed by atoms with E-state index in [0.717, 1.165) is 5.56 Å². The third kappa shape index (κ3) is 4.65. The summed E-state index contributed by atoms with van der Waals surface area (Å²) >= 11 is 1.22. The Labute approximate surface area is 158 Å². The van der Waals surface area contributed by atoms with Gasteiger partial charge in [0.2, 0.25) is 0 Å². The molecule has 144 valence electrons. The molecule has 2 fully saturated rings. The molecule has 26 heavy (non-hydrogen) atoms. The van der Waals surface area contributed by atoms with Gasteiger partial charge in [-0.3, -0.25) is 4.79 Å². The third-order valence-corrected chi connectivity index (χ3v) is 5.30. The Morgan fingerprint density at radius 2 is 1.88 bits per heavy atom. The van der Waals surface area contributed by atoms with E-state index in [1.54, 1.807) is 14.0 Å². The molecular weight excluding hydrogens is 356 g/mol. The summed E-state index contributed by atoms with van der Waals surface area (Å²) in [5, 5.41) is 0.0414. The van der Waals surface area contributed by atoms with Crippen LogP contribution in [0.2, 0.25) is 0 Å². The molecule has 2 saturated heterocycles. The minimum absolute atomic E-state index is 0.0414. The normalized spacial score (nSPS) is 33.0. The summed E-state index contributed by atoms with van der Waals surface area (Å²) in [6.45, 7) is 5.71. The van der Waals surface area contributed by atoms with Gasteiger partial charge in [-0.1, -0.05) is 42.1 Å². The highest BCUT2D eigenvalue weighted by molar-refractivity contribution is 8.13. The predicted molar refractivity (Wildman–Crippen MR) is 97.7 cm³/mol. The summed E-state index contributed by atoms with van der Waals surface area (Å²) in [5.74, 6) is -0.254. The van der Waals surface area contributed by atoms with E-state index in [1.807, 2.05) is 44.2 Å². The highest BCUT2D eigenvalue weighted by atomic mass is 32.2. The summed E-state index contributed by atoms with van der Waals surface area (Å²) in [6.07, 6.45) is -1.97. The minimum atomic E-state index is -0.741. The molecule has 1 aromatic rings. The second-order valence-corrected chi connectivity index (χ2v) is 8.10. The Hall–Kier alpha value is -0.960. The van der Waals surface area contributed by atoms with E-state index in [-0.39, 0.29) is 23.4 Å². The van der Waals surface area contributed by atoms with Crippen molar-refractivity contribution in [2.45, 2.75) is 63.9 Å². The highest BCUT2D eigenvalue weighted by Crippen LogP contribution is 2.39. The van der Waals surface area contributed by atoms with Gasteiger partial charge in [-0.05, 0) is 19.4 Å². The fourth-order valence-electron chi connectivity index (χ4n) is 3.30. The van der Waals surface area contributed by atoms with Crippen LogP contribution in [0.25, 0.3) is 0 Å². The van der Waals surface area contributed by atoms with Gasteiger partial charge in [0, 0.05) is 19.8 Å². The number of carbonyl (C=O) groups is 1. The van der Waals surface area contributed by atoms with Crippen LogP contribution in [-0.4, -0.2) is 54.5 Å². The number of rotatable bonds is 6. The van der Waals surface area contributed by atoms with Gasteiger partial charge in [0.15, 0.2) is 17.2 Å². The van der Waals surface area contributed by atoms with Crippen molar-refractivity contribution < 1.29 is 28.5 Å². The van der Waals surface area contributed by atoms with Crippen LogP contribution in [0.5, 0.6) is 0 Å². The average Bonchev–Trinajstić information content (AvgIpc) is 2.93. The molecule has 0 N–H and O–H groups in total. The van der Waals surface area contributed by atoms with Gasteiger partial charge in [-0.25, -0.2) is 0 Å². The van der Waals surface area contributed by atoms with Gasteiger partial charge in [-0.15, -0.1) is 0 Å². The van der Waals surface area contributed by atoms with E-state index in [0.29, 0.717) is 12.4 Å². The first-order valence-corrected chi connectivity index (χ1v) is 9.71. The Morgan fingerprint density at radius 1 is 1.19 bits per heavy atom. The fourth-order valence-corrected chi connectivity index (χ4v) is 3.97. The molecular formula is C19H26O6S. The molecule has 1 aromatic carbocycles. The summed E-state index contributed by atoms with van der Waals surface area (Å²) in [6, 6.07) is 9.92. The first kappa shape index (κ1) is 19.8. The van der Waals surface area contributed by atoms with Crippen molar-refractivity contribution in [1.82, 2.24) is 0 Å². The fraction of sp³-hybridized carbons (Fsp3) is 0.632. The van der Waals surface area contributed by atoms with E-state index < -0.39 is 18.2 Å². The maximum absolute atomic E-state index is 11.4. The first-order chi connectivity index (χ1) is 12.4. The Kier molecular flexibility index (Phi) is 6.37. The second-order valence-electron chi connectivity index (χ2n) is 6.91. The smallest absolute Gasteiger partial charge is 0.186 e. The molecule has 6 nitrogen and oxygen atoms in total. The van der Waals surface area contributed by atoms with E-state index in [1.165, 1.54) is 11.8 Å². The lowest BCUT2D eigenvalue weighted by Crippen LogP contribution is -2.58. The molecule has 0 bridgehead atoms. The predicted octanol–water partition coefficient (Wildman–Crippen LogP) is 2.74. The second kappa shape index (κ2) is 8.37. The zero-order valence-corrected chi connectivity index (χ0v) is 16.4. The monoisotopic (exact) mass is 382 g/mol. The Bertz CT molecular complexity index is 607. The van der Waals surface area contributed by atoms with Gasteiger partial charge in [0.25, 0.3) is 0 Å². The van der Waals surface area contributed by atoms with E-state index in [2.05, 4.69) is 0 Å². The van der Waals surface area contributed by atoms with Crippen molar-refractivity contribution in [1.29, 1.82) is 0 Å². The molecule has 0 saturated carbocycles. The zero-order chi connectivity index (χ0) is 18.7. The minimum Gasteiger partial charge on any atom is -0.365 e. The largest absolute Gasteiger partial charge is 0.365 e. The van der Waals surface area contributed by atoms with Crippen molar-refractivity contribution >= 4 is 16.9 Å².